The van der Waals surface area contributed by atoms with E-state index in [2.05, 4.69) is 29.3 Å². The van der Waals surface area contributed by atoms with Crippen LogP contribution in [-0.4, -0.2) is 43.7 Å². The maximum absolute atomic E-state index is 12.3. The van der Waals surface area contributed by atoms with Gasteiger partial charge in [-0.25, -0.2) is 4.79 Å². The zero-order chi connectivity index (χ0) is 16.9. The van der Waals surface area contributed by atoms with E-state index in [1.807, 2.05) is 17.0 Å². The Labute approximate surface area is 150 Å². The molecule has 5 heteroatoms. The highest BCUT2D eigenvalue weighted by Crippen LogP contribution is 2.24. The number of nitrogens with zero attached hydrogens (tertiary/aromatic N) is 2. The molecule has 2 fully saturated rings. The Kier molecular flexibility index (Phi) is 5.88. The summed E-state index contributed by atoms with van der Waals surface area (Å²) in [6, 6.07) is 8.19. The molecular formula is C19H28ClN3O. The van der Waals surface area contributed by atoms with Gasteiger partial charge in [0.1, 0.15) is 0 Å². The Morgan fingerprint density at radius 3 is 2.33 bits per heavy atom. The number of hydrogen-bond donors (Lipinski definition) is 1. The van der Waals surface area contributed by atoms with E-state index < -0.39 is 0 Å². The molecule has 0 unspecified atom stereocenters. The highest BCUT2D eigenvalue weighted by molar-refractivity contribution is 6.30. The largest absolute Gasteiger partial charge is 0.372 e. The fourth-order valence-electron chi connectivity index (χ4n) is 3.60. The first-order chi connectivity index (χ1) is 11.6. The van der Waals surface area contributed by atoms with Crippen LogP contribution in [0.4, 0.5) is 10.5 Å². The molecule has 1 aromatic rings. The average Bonchev–Trinajstić information content (AvgIpc) is 2.61. The van der Waals surface area contributed by atoms with Gasteiger partial charge in [0.05, 0.1) is 0 Å². The molecule has 2 amide bonds. The number of urea groups is 1. The molecule has 2 aliphatic rings. The van der Waals surface area contributed by atoms with Crippen LogP contribution in [0.5, 0.6) is 0 Å². The van der Waals surface area contributed by atoms with E-state index in [4.69, 9.17) is 11.6 Å². The number of carbonyl (C=O) groups excluding carboxylic acids is 1. The molecule has 0 spiro atoms. The average molecular weight is 350 g/mol. The summed E-state index contributed by atoms with van der Waals surface area (Å²) < 4.78 is 0. The fraction of sp³-hybridized carbons (Fsp3) is 0.632. The van der Waals surface area contributed by atoms with E-state index in [1.165, 1.54) is 5.69 Å². The van der Waals surface area contributed by atoms with E-state index >= 15 is 0 Å². The monoisotopic (exact) mass is 349 g/mol. The number of halogens is 1. The molecule has 0 saturated carbocycles. The molecule has 24 heavy (non-hydrogen) atoms. The maximum atomic E-state index is 12.3. The van der Waals surface area contributed by atoms with Crippen LogP contribution in [0.15, 0.2) is 24.3 Å². The van der Waals surface area contributed by atoms with Crippen LogP contribution in [0, 0.1) is 11.8 Å². The molecule has 0 aromatic heterocycles. The Bertz CT molecular complexity index is 532. The Morgan fingerprint density at radius 1 is 1.08 bits per heavy atom. The van der Waals surface area contributed by atoms with Crippen molar-refractivity contribution in [2.75, 3.05) is 37.6 Å². The number of amides is 2. The molecule has 132 valence electrons. The van der Waals surface area contributed by atoms with Gasteiger partial charge in [-0.1, -0.05) is 18.5 Å². The number of anilines is 1. The zero-order valence-electron chi connectivity index (χ0n) is 14.5. The smallest absolute Gasteiger partial charge is 0.317 e. The molecule has 0 bridgehead atoms. The van der Waals surface area contributed by atoms with E-state index in [0.29, 0.717) is 5.92 Å². The topological polar surface area (TPSA) is 35.6 Å². The molecule has 1 aromatic carbocycles. The summed E-state index contributed by atoms with van der Waals surface area (Å²) in [5.74, 6) is 1.34. The summed E-state index contributed by atoms with van der Waals surface area (Å²) in [5.41, 5.74) is 1.24. The SMILES string of the molecule is CC1CCN(C(=O)NCC2CCN(c3ccc(Cl)cc3)CC2)CC1. The summed E-state index contributed by atoms with van der Waals surface area (Å²) in [6.07, 6.45) is 4.51. The first-order valence-corrected chi connectivity index (χ1v) is 9.53. The van der Waals surface area contributed by atoms with E-state index in [1.54, 1.807) is 0 Å². The maximum Gasteiger partial charge on any atom is 0.317 e. The highest BCUT2D eigenvalue weighted by Gasteiger charge is 2.23. The molecule has 4 nitrogen and oxygen atoms in total. The lowest BCUT2D eigenvalue weighted by molar-refractivity contribution is 0.171. The van der Waals surface area contributed by atoms with Gasteiger partial charge < -0.3 is 15.1 Å². The second kappa shape index (κ2) is 8.11. The first-order valence-electron chi connectivity index (χ1n) is 9.15. The van der Waals surface area contributed by atoms with Crippen LogP contribution in [0.1, 0.15) is 32.6 Å². The van der Waals surface area contributed by atoms with Crippen LogP contribution in [0.25, 0.3) is 0 Å². The normalized spacial score (nSPS) is 20.2. The van der Waals surface area contributed by atoms with E-state index in [-0.39, 0.29) is 6.03 Å². The van der Waals surface area contributed by atoms with E-state index in [9.17, 15) is 4.79 Å². The Hall–Kier alpha value is -1.42. The predicted molar refractivity (Wildman–Crippen MR) is 99.8 cm³/mol. The molecule has 1 N–H and O–H groups in total. The molecule has 0 aliphatic carbocycles. The first kappa shape index (κ1) is 17.4. The van der Waals surface area contributed by atoms with Crippen LogP contribution in [0.2, 0.25) is 5.02 Å². The van der Waals surface area contributed by atoms with Gasteiger partial charge in [-0.05, 0) is 61.8 Å². The number of benzene rings is 1. The van der Waals surface area contributed by atoms with Gasteiger partial charge in [0.25, 0.3) is 0 Å². The van der Waals surface area contributed by atoms with Gasteiger partial charge >= 0.3 is 6.03 Å². The summed E-state index contributed by atoms with van der Waals surface area (Å²) in [5, 5.41) is 3.93. The summed E-state index contributed by atoms with van der Waals surface area (Å²) >= 11 is 5.95. The molecule has 2 saturated heterocycles. The van der Waals surface area contributed by atoms with Crippen molar-refractivity contribution in [2.45, 2.75) is 32.6 Å². The zero-order valence-corrected chi connectivity index (χ0v) is 15.3. The minimum absolute atomic E-state index is 0.127. The van der Waals surface area contributed by atoms with Crippen molar-refractivity contribution in [1.29, 1.82) is 0 Å². The molecule has 2 aliphatic heterocycles. The molecular weight excluding hydrogens is 322 g/mol. The van der Waals surface area contributed by atoms with Crippen LogP contribution in [-0.2, 0) is 0 Å². The quantitative estimate of drug-likeness (QED) is 0.895. The number of nitrogens with one attached hydrogen (secondary N) is 1. The van der Waals surface area contributed by atoms with Crippen molar-refractivity contribution in [3.63, 3.8) is 0 Å². The molecule has 2 heterocycles. The van der Waals surface area contributed by atoms with Gasteiger partial charge in [-0.3, -0.25) is 0 Å². The summed E-state index contributed by atoms with van der Waals surface area (Å²) in [6.45, 7) is 6.97. The van der Waals surface area contributed by atoms with Gasteiger partial charge in [-0.2, -0.15) is 0 Å². The van der Waals surface area contributed by atoms with Crippen molar-refractivity contribution in [3.8, 4) is 0 Å². The highest BCUT2D eigenvalue weighted by atomic mass is 35.5. The van der Waals surface area contributed by atoms with Gasteiger partial charge in [0.2, 0.25) is 0 Å². The predicted octanol–water partition coefficient (Wildman–Crippen LogP) is 4.00. The van der Waals surface area contributed by atoms with Gasteiger partial charge in [0, 0.05) is 43.4 Å². The lowest BCUT2D eigenvalue weighted by atomic mass is 9.96. The number of hydrogen-bond acceptors (Lipinski definition) is 2. The third-order valence-corrected chi connectivity index (χ3v) is 5.67. The lowest BCUT2D eigenvalue weighted by Gasteiger charge is -2.35. The van der Waals surface area contributed by atoms with Crippen molar-refractivity contribution < 1.29 is 4.79 Å². The van der Waals surface area contributed by atoms with Crippen molar-refractivity contribution in [3.05, 3.63) is 29.3 Å². The number of rotatable bonds is 3. The minimum Gasteiger partial charge on any atom is -0.372 e. The molecule has 0 atom stereocenters. The molecule has 0 radical (unpaired) electrons. The lowest BCUT2D eigenvalue weighted by Crippen LogP contribution is -2.46. The van der Waals surface area contributed by atoms with Crippen LogP contribution >= 0.6 is 11.6 Å². The number of piperidine rings is 2. The number of carbonyl (C=O) groups is 1. The Balaban J connectivity index is 1.39. The second-order valence-electron chi connectivity index (χ2n) is 7.26. The number of likely N-dealkylation sites (tertiary alicyclic amines) is 1. The van der Waals surface area contributed by atoms with Gasteiger partial charge in [0.15, 0.2) is 0 Å². The van der Waals surface area contributed by atoms with Crippen LogP contribution < -0.4 is 10.2 Å². The third-order valence-electron chi connectivity index (χ3n) is 5.42. The fourth-order valence-corrected chi connectivity index (χ4v) is 3.73. The van der Waals surface area contributed by atoms with E-state index in [0.717, 1.165) is 69.3 Å². The van der Waals surface area contributed by atoms with Gasteiger partial charge in [-0.15, -0.1) is 0 Å². The Morgan fingerprint density at radius 2 is 1.71 bits per heavy atom. The standard InChI is InChI=1S/C19H28ClN3O/c1-15-6-10-23(11-7-15)19(24)21-14-16-8-12-22(13-9-16)18-4-2-17(20)3-5-18/h2-5,15-16H,6-14H2,1H3,(H,21,24). The van der Waals surface area contributed by atoms with Crippen molar-refractivity contribution >= 4 is 23.3 Å². The second-order valence-corrected chi connectivity index (χ2v) is 7.70. The van der Waals surface area contributed by atoms with Crippen molar-refractivity contribution in [2.24, 2.45) is 11.8 Å². The van der Waals surface area contributed by atoms with Crippen molar-refractivity contribution in [1.82, 2.24) is 10.2 Å². The summed E-state index contributed by atoms with van der Waals surface area (Å²) in [4.78, 5) is 16.6. The minimum atomic E-state index is 0.127. The van der Waals surface area contributed by atoms with Crippen LogP contribution in [0.3, 0.4) is 0 Å². The summed E-state index contributed by atoms with van der Waals surface area (Å²) in [7, 11) is 0. The molecule has 3 rings (SSSR count). The third kappa shape index (κ3) is 4.56.